The average Bonchev–Trinajstić information content (AvgIpc) is 3.46. The lowest BCUT2D eigenvalue weighted by Gasteiger charge is -2.27. The molecule has 158 valence electrons. The largest absolute Gasteiger partial charge is 0.497 e. The minimum absolute atomic E-state index is 0. The zero-order valence-corrected chi connectivity index (χ0v) is 18.0. The maximum Gasteiger partial charge on any atom is 0.204 e. The van der Waals surface area contributed by atoms with Crippen molar-refractivity contribution in [3.8, 4) is 17.1 Å². The van der Waals surface area contributed by atoms with E-state index in [0.29, 0.717) is 17.8 Å². The second-order valence-corrected chi connectivity index (χ2v) is 8.21. The SMILES string of the molecule is COc1ccc([C@H]2[C@@H]3CN(Cc4ccc(-c5nn[nH]n5)cc4)C[C@@H]3CN2C)cc1.Cl. The van der Waals surface area contributed by atoms with Gasteiger partial charge in [0.2, 0.25) is 5.82 Å². The summed E-state index contributed by atoms with van der Waals surface area (Å²) in [5.41, 5.74) is 3.71. The molecule has 2 fully saturated rings. The minimum Gasteiger partial charge on any atom is -0.497 e. The van der Waals surface area contributed by atoms with Crippen LogP contribution in [0, 0.1) is 11.8 Å². The monoisotopic (exact) mass is 426 g/mol. The van der Waals surface area contributed by atoms with Crippen LogP contribution in [0.1, 0.15) is 17.2 Å². The standard InChI is InChI=1S/C22H26N6O.ClH/c1-27-12-18-13-28(11-15-3-5-17(6-4-15)22-23-25-26-24-22)14-20(18)21(27)16-7-9-19(29-2)10-8-16;/h3-10,18,20-21H,11-14H2,1-2H3,(H,23,24,25,26);1H/t18-,20+,21-;/m0./s1. The third kappa shape index (κ3) is 3.93. The Morgan fingerprint density at radius 1 is 1.03 bits per heavy atom. The molecule has 2 saturated heterocycles. The highest BCUT2D eigenvalue weighted by molar-refractivity contribution is 5.85. The van der Waals surface area contributed by atoms with Crippen molar-refractivity contribution >= 4 is 12.4 Å². The molecule has 2 aliphatic rings. The third-order valence-electron chi connectivity index (χ3n) is 6.39. The van der Waals surface area contributed by atoms with Crippen molar-refractivity contribution < 1.29 is 4.74 Å². The topological polar surface area (TPSA) is 70.2 Å². The summed E-state index contributed by atoms with van der Waals surface area (Å²) >= 11 is 0. The van der Waals surface area contributed by atoms with Crippen LogP contribution >= 0.6 is 12.4 Å². The Labute approximate surface area is 182 Å². The Morgan fingerprint density at radius 3 is 2.47 bits per heavy atom. The molecule has 3 aromatic rings. The van der Waals surface area contributed by atoms with Gasteiger partial charge in [0.25, 0.3) is 0 Å². The lowest BCUT2D eigenvalue weighted by atomic mass is 9.89. The van der Waals surface area contributed by atoms with Crippen LogP contribution in [0.25, 0.3) is 11.4 Å². The van der Waals surface area contributed by atoms with Crippen molar-refractivity contribution in [1.82, 2.24) is 30.4 Å². The van der Waals surface area contributed by atoms with E-state index < -0.39 is 0 Å². The van der Waals surface area contributed by atoms with Gasteiger partial charge in [0, 0.05) is 37.8 Å². The van der Waals surface area contributed by atoms with Crippen LogP contribution in [0.4, 0.5) is 0 Å². The first kappa shape index (κ1) is 20.8. The van der Waals surface area contributed by atoms with E-state index in [4.69, 9.17) is 4.74 Å². The van der Waals surface area contributed by atoms with E-state index in [1.54, 1.807) is 7.11 Å². The third-order valence-corrected chi connectivity index (χ3v) is 6.39. The number of ether oxygens (including phenoxy) is 1. The van der Waals surface area contributed by atoms with E-state index in [0.717, 1.165) is 43.4 Å². The number of methoxy groups -OCH3 is 1. The van der Waals surface area contributed by atoms with Crippen molar-refractivity contribution in [1.29, 1.82) is 0 Å². The van der Waals surface area contributed by atoms with Crippen LogP contribution in [0.2, 0.25) is 0 Å². The Hall–Kier alpha value is -2.48. The van der Waals surface area contributed by atoms with Crippen LogP contribution in [0.3, 0.4) is 0 Å². The highest BCUT2D eigenvalue weighted by Crippen LogP contribution is 2.44. The quantitative estimate of drug-likeness (QED) is 0.676. The van der Waals surface area contributed by atoms with Crippen LogP contribution in [-0.4, -0.2) is 64.2 Å². The summed E-state index contributed by atoms with van der Waals surface area (Å²) in [5, 5.41) is 14.2. The molecule has 30 heavy (non-hydrogen) atoms. The molecular formula is C22H27ClN6O. The molecule has 0 amide bonds. The summed E-state index contributed by atoms with van der Waals surface area (Å²) in [7, 11) is 3.98. The summed E-state index contributed by atoms with van der Waals surface area (Å²) in [6.45, 7) is 4.44. The maximum absolute atomic E-state index is 5.33. The number of tetrazole rings is 1. The van der Waals surface area contributed by atoms with E-state index >= 15 is 0 Å². The van der Waals surface area contributed by atoms with Crippen LogP contribution in [0.5, 0.6) is 5.75 Å². The van der Waals surface area contributed by atoms with E-state index in [2.05, 4.69) is 86.0 Å². The van der Waals surface area contributed by atoms with Crippen molar-refractivity contribution in [2.45, 2.75) is 12.6 Å². The van der Waals surface area contributed by atoms with Gasteiger partial charge in [-0.3, -0.25) is 9.80 Å². The summed E-state index contributed by atoms with van der Waals surface area (Å²) < 4.78 is 5.33. The predicted molar refractivity (Wildman–Crippen MR) is 117 cm³/mol. The molecular weight excluding hydrogens is 400 g/mol. The Morgan fingerprint density at radius 2 is 1.80 bits per heavy atom. The van der Waals surface area contributed by atoms with Gasteiger partial charge in [0.05, 0.1) is 7.11 Å². The van der Waals surface area contributed by atoms with Gasteiger partial charge in [-0.2, -0.15) is 5.21 Å². The second-order valence-electron chi connectivity index (χ2n) is 8.21. The smallest absolute Gasteiger partial charge is 0.204 e. The molecule has 0 unspecified atom stereocenters. The fourth-order valence-electron chi connectivity index (χ4n) is 5.08. The van der Waals surface area contributed by atoms with E-state index in [9.17, 15) is 0 Å². The molecule has 0 spiro atoms. The van der Waals surface area contributed by atoms with Gasteiger partial charge >= 0.3 is 0 Å². The first-order chi connectivity index (χ1) is 14.2. The normalized spacial score (nSPS) is 23.9. The van der Waals surface area contributed by atoms with Gasteiger partial charge in [0.1, 0.15) is 5.75 Å². The molecule has 2 aliphatic heterocycles. The van der Waals surface area contributed by atoms with Crippen LogP contribution in [0.15, 0.2) is 48.5 Å². The number of likely N-dealkylation sites (tertiary alicyclic amines) is 2. The van der Waals surface area contributed by atoms with Crippen molar-refractivity contribution in [3.05, 3.63) is 59.7 Å². The molecule has 0 aliphatic carbocycles. The molecule has 0 radical (unpaired) electrons. The Kier molecular flexibility index (Phi) is 6.04. The summed E-state index contributed by atoms with van der Waals surface area (Å²) in [6, 6.07) is 17.6. The molecule has 5 rings (SSSR count). The zero-order chi connectivity index (χ0) is 19.8. The Balaban J connectivity index is 0.00000218. The predicted octanol–water partition coefficient (Wildman–Crippen LogP) is 3.03. The molecule has 1 aromatic heterocycles. The summed E-state index contributed by atoms with van der Waals surface area (Å²) in [5.74, 6) is 2.96. The fourth-order valence-corrected chi connectivity index (χ4v) is 5.08. The van der Waals surface area contributed by atoms with Crippen molar-refractivity contribution in [2.24, 2.45) is 11.8 Å². The zero-order valence-electron chi connectivity index (χ0n) is 17.2. The molecule has 3 atom stereocenters. The van der Waals surface area contributed by atoms with Crippen molar-refractivity contribution in [3.63, 3.8) is 0 Å². The first-order valence-electron chi connectivity index (χ1n) is 10.1. The van der Waals surface area contributed by atoms with Gasteiger partial charge in [-0.05, 0) is 47.4 Å². The lowest BCUT2D eigenvalue weighted by molar-refractivity contribution is 0.224. The van der Waals surface area contributed by atoms with Gasteiger partial charge in [-0.15, -0.1) is 22.6 Å². The highest BCUT2D eigenvalue weighted by atomic mass is 35.5. The number of hydrogen-bond donors (Lipinski definition) is 1. The number of halogens is 1. The molecule has 8 heteroatoms. The average molecular weight is 427 g/mol. The number of H-pyrrole nitrogens is 1. The van der Waals surface area contributed by atoms with Gasteiger partial charge in [-0.25, -0.2) is 0 Å². The number of hydrogen-bond acceptors (Lipinski definition) is 6. The second kappa shape index (κ2) is 8.71. The molecule has 3 heterocycles. The number of aromatic nitrogens is 4. The van der Waals surface area contributed by atoms with E-state index in [-0.39, 0.29) is 12.4 Å². The lowest BCUT2D eigenvalue weighted by Crippen LogP contribution is -2.28. The summed E-state index contributed by atoms with van der Waals surface area (Å²) in [4.78, 5) is 5.12. The van der Waals surface area contributed by atoms with Gasteiger partial charge in [0.15, 0.2) is 0 Å². The number of rotatable bonds is 5. The van der Waals surface area contributed by atoms with E-state index in [1.165, 1.54) is 11.1 Å². The highest BCUT2D eigenvalue weighted by Gasteiger charge is 2.45. The summed E-state index contributed by atoms with van der Waals surface area (Å²) in [6.07, 6.45) is 0. The van der Waals surface area contributed by atoms with Gasteiger partial charge in [-0.1, -0.05) is 36.4 Å². The fraction of sp³-hybridized carbons (Fsp3) is 0.409. The number of nitrogens with zero attached hydrogens (tertiary/aromatic N) is 5. The minimum atomic E-state index is 0. The number of fused-ring (bicyclic) bond motifs is 1. The van der Waals surface area contributed by atoms with Crippen LogP contribution in [-0.2, 0) is 6.54 Å². The number of benzene rings is 2. The molecule has 0 bridgehead atoms. The Bertz CT molecular complexity index is 947. The van der Waals surface area contributed by atoms with Crippen molar-refractivity contribution in [2.75, 3.05) is 33.8 Å². The molecule has 0 saturated carbocycles. The molecule has 1 N–H and O–H groups in total. The number of nitrogens with one attached hydrogen (secondary N) is 1. The van der Waals surface area contributed by atoms with E-state index in [1.807, 2.05) is 0 Å². The molecule has 7 nitrogen and oxygen atoms in total. The number of aromatic amines is 1. The van der Waals surface area contributed by atoms with Gasteiger partial charge < -0.3 is 4.74 Å². The molecule has 2 aromatic carbocycles. The first-order valence-corrected chi connectivity index (χ1v) is 10.1. The van der Waals surface area contributed by atoms with Crippen LogP contribution < -0.4 is 4.74 Å². The maximum atomic E-state index is 5.33.